The molecule has 0 fully saturated rings. The number of methoxy groups -OCH3 is 1. The van der Waals surface area contributed by atoms with Crippen molar-refractivity contribution in [2.24, 2.45) is 0 Å². The summed E-state index contributed by atoms with van der Waals surface area (Å²) >= 11 is 0. The molecule has 0 saturated carbocycles. The summed E-state index contributed by atoms with van der Waals surface area (Å²) in [4.78, 5) is 30.9. The first-order valence-electron chi connectivity index (χ1n) is 10.0. The van der Waals surface area contributed by atoms with Crippen LogP contribution in [-0.2, 0) is 17.8 Å². The number of nitrogens with one attached hydrogen (secondary N) is 2. The van der Waals surface area contributed by atoms with Crippen LogP contribution in [0.5, 0.6) is 11.5 Å². The molecule has 7 nitrogen and oxygen atoms in total. The van der Waals surface area contributed by atoms with Gasteiger partial charge in [0.1, 0.15) is 11.5 Å². The van der Waals surface area contributed by atoms with Crippen LogP contribution in [0, 0.1) is 0 Å². The van der Waals surface area contributed by atoms with Crippen molar-refractivity contribution in [1.82, 2.24) is 9.88 Å². The predicted molar refractivity (Wildman–Crippen MR) is 116 cm³/mol. The number of benzene rings is 2. The maximum atomic E-state index is 13.0. The van der Waals surface area contributed by atoms with Gasteiger partial charge in [0.05, 0.1) is 20.3 Å². The number of nitrogens with zero attached hydrogens (tertiary/aromatic N) is 1. The zero-order valence-corrected chi connectivity index (χ0v) is 17.2. The summed E-state index contributed by atoms with van der Waals surface area (Å²) < 4.78 is 10.7. The fourth-order valence-electron chi connectivity index (χ4n) is 3.78. The van der Waals surface area contributed by atoms with Crippen molar-refractivity contribution in [3.05, 3.63) is 63.9 Å². The van der Waals surface area contributed by atoms with Gasteiger partial charge in [0.25, 0.3) is 0 Å². The minimum absolute atomic E-state index is 0.00530. The van der Waals surface area contributed by atoms with Crippen LogP contribution >= 0.6 is 0 Å². The number of aromatic nitrogens is 1. The van der Waals surface area contributed by atoms with Crippen molar-refractivity contribution in [2.45, 2.75) is 19.9 Å². The molecular weight excluding hydrogens is 382 g/mol. The Kier molecular flexibility index (Phi) is 5.72. The second-order valence-electron chi connectivity index (χ2n) is 7.29. The van der Waals surface area contributed by atoms with Crippen molar-refractivity contribution in [1.29, 1.82) is 0 Å². The van der Waals surface area contributed by atoms with Crippen LogP contribution in [0.1, 0.15) is 18.2 Å². The molecule has 0 bridgehead atoms. The average Bonchev–Trinajstić information content (AvgIpc) is 2.76. The molecule has 3 aromatic rings. The Morgan fingerprint density at radius 3 is 2.67 bits per heavy atom. The van der Waals surface area contributed by atoms with Crippen LogP contribution in [0.25, 0.3) is 10.9 Å². The van der Waals surface area contributed by atoms with Gasteiger partial charge in [-0.2, -0.15) is 0 Å². The van der Waals surface area contributed by atoms with Gasteiger partial charge in [-0.15, -0.1) is 0 Å². The molecule has 7 heteroatoms. The number of amides is 1. The Labute approximate surface area is 174 Å². The molecule has 0 unspecified atom stereocenters. The van der Waals surface area contributed by atoms with Gasteiger partial charge in [0, 0.05) is 47.4 Å². The first-order chi connectivity index (χ1) is 14.6. The Morgan fingerprint density at radius 1 is 1.17 bits per heavy atom. The van der Waals surface area contributed by atoms with Crippen molar-refractivity contribution in [3.8, 4) is 11.5 Å². The van der Waals surface area contributed by atoms with Gasteiger partial charge in [-0.05, 0) is 49.4 Å². The summed E-state index contributed by atoms with van der Waals surface area (Å²) in [6.07, 6.45) is 0.697. The quantitative estimate of drug-likeness (QED) is 0.656. The predicted octanol–water partition coefficient (Wildman–Crippen LogP) is 2.93. The SMILES string of the molecule is CCOc1ccc(NC(=O)CN2CCc3[nH]c4ccc(OC)cc4c(=O)c3C2)cc1. The van der Waals surface area contributed by atoms with Gasteiger partial charge in [0.15, 0.2) is 5.43 Å². The lowest BCUT2D eigenvalue weighted by molar-refractivity contribution is -0.117. The fraction of sp³-hybridized carbons (Fsp3) is 0.304. The third kappa shape index (κ3) is 4.16. The number of fused-ring (bicyclic) bond motifs is 2. The van der Waals surface area contributed by atoms with Crippen LogP contribution in [0.15, 0.2) is 47.3 Å². The van der Waals surface area contributed by atoms with Crippen LogP contribution in [0.3, 0.4) is 0 Å². The zero-order valence-electron chi connectivity index (χ0n) is 17.2. The van der Waals surface area contributed by atoms with Crippen molar-refractivity contribution < 1.29 is 14.3 Å². The van der Waals surface area contributed by atoms with Crippen molar-refractivity contribution >= 4 is 22.5 Å². The molecule has 2 N–H and O–H groups in total. The van der Waals surface area contributed by atoms with E-state index in [1.807, 2.05) is 48.2 Å². The van der Waals surface area contributed by atoms with Gasteiger partial charge >= 0.3 is 0 Å². The minimum atomic E-state index is -0.110. The number of carbonyl (C=O) groups excluding carboxylic acids is 1. The Balaban J connectivity index is 1.46. The summed E-state index contributed by atoms with van der Waals surface area (Å²) in [5.74, 6) is 1.31. The maximum Gasteiger partial charge on any atom is 0.238 e. The van der Waals surface area contributed by atoms with E-state index in [1.54, 1.807) is 13.2 Å². The number of pyridine rings is 1. The third-order valence-electron chi connectivity index (χ3n) is 5.27. The van der Waals surface area contributed by atoms with E-state index in [0.717, 1.165) is 28.2 Å². The molecule has 4 rings (SSSR count). The number of ether oxygens (including phenoxy) is 2. The van der Waals surface area contributed by atoms with Gasteiger partial charge < -0.3 is 19.8 Å². The number of rotatable bonds is 6. The second kappa shape index (κ2) is 8.59. The summed E-state index contributed by atoms with van der Waals surface area (Å²) in [6, 6.07) is 12.8. The van der Waals surface area contributed by atoms with E-state index in [1.165, 1.54) is 0 Å². The van der Waals surface area contributed by atoms with Crippen LogP contribution in [-0.4, -0.2) is 42.6 Å². The van der Waals surface area contributed by atoms with Gasteiger partial charge in [-0.3, -0.25) is 14.5 Å². The van der Waals surface area contributed by atoms with E-state index in [4.69, 9.17) is 9.47 Å². The van der Waals surface area contributed by atoms with Crippen molar-refractivity contribution in [3.63, 3.8) is 0 Å². The molecule has 0 aliphatic carbocycles. The molecule has 1 amide bonds. The molecule has 1 aliphatic heterocycles. The minimum Gasteiger partial charge on any atom is -0.497 e. The number of carbonyl (C=O) groups is 1. The van der Waals surface area contributed by atoms with Crippen molar-refractivity contribution in [2.75, 3.05) is 32.1 Å². The number of H-pyrrole nitrogens is 1. The van der Waals surface area contributed by atoms with Crippen LogP contribution in [0.2, 0.25) is 0 Å². The first-order valence-corrected chi connectivity index (χ1v) is 10.0. The highest BCUT2D eigenvalue weighted by atomic mass is 16.5. The monoisotopic (exact) mass is 407 g/mol. The molecule has 156 valence electrons. The Bertz CT molecular complexity index is 1120. The molecule has 1 aromatic heterocycles. The molecule has 1 aliphatic rings. The smallest absolute Gasteiger partial charge is 0.238 e. The highest BCUT2D eigenvalue weighted by molar-refractivity contribution is 5.92. The average molecular weight is 407 g/mol. The normalized spacial score (nSPS) is 13.7. The van der Waals surface area contributed by atoms with Gasteiger partial charge in [0.2, 0.25) is 5.91 Å². The zero-order chi connectivity index (χ0) is 21.1. The summed E-state index contributed by atoms with van der Waals surface area (Å²) in [6.45, 7) is 3.90. The lowest BCUT2D eigenvalue weighted by atomic mass is 10.0. The first kappa shape index (κ1) is 20.0. The summed E-state index contributed by atoms with van der Waals surface area (Å²) in [5.41, 5.74) is 3.18. The molecule has 0 saturated heterocycles. The Morgan fingerprint density at radius 2 is 1.93 bits per heavy atom. The van der Waals surface area contributed by atoms with E-state index < -0.39 is 0 Å². The van der Waals surface area contributed by atoms with E-state index >= 15 is 0 Å². The lowest BCUT2D eigenvalue weighted by Gasteiger charge is -2.28. The number of hydrogen-bond acceptors (Lipinski definition) is 5. The molecule has 0 spiro atoms. The number of hydrogen-bond donors (Lipinski definition) is 2. The highest BCUT2D eigenvalue weighted by Crippen LogP contribution is 2.22. The molecule has 0 atom stereocenters. The summed E-state index contributed by atoms with van der Waals surface area (Å²) in [7, 11) is 1.58. The molecule has 2 aromatic carbocycles. The van der Waals surface area contributed by atoms with E-state index in [9.17, 15) is 9.59 Å². The third-order valence-corrected chi connectivity index (χ3v) is 5.27. The van der Waals surface area contributed by atoms with E-state index in [2.05, 4.69) is 10.3 Å². The largest absolute Gasteiger partial charge is 0.497 e. The molecule has 0 radical (unpaired) electrons. The van der Waals surface area contributed by atoms with Crippen LogP contribution in [0.4, 0.5) is 5.69 Å². The van der Waals surface area contributed by atoms with Crippen LogP contribution < -0.4 is 20.2 Å². The van der Waals surface area contributed by atoms with E-state index in [-0.39, 0.29) is 17.9 Å². The lowest BCUT2D eigenvalue weighted by Crippen LogP contribution is -2.39. The number of aromatic amines is 1. The number of anilines is 1. The van der Waals surface area contributed by atoms with Gasteiger partial charge in [-0.25, -0.2) is 0 Å². The second-order valence-corrected chi connectivity index (χ2v) is 7.29. The fourth-order valence-corrected chi connectivity index (χ4v) is 3.78. The molecule has 2 heterocycles. The van der Waals surface area contributed by atoms with Gasteiger partial charge in [-0.1, -0.05) is 0 Å². The highest BCUT2D eigenvalue weighted by Gasteiger charge is 2.22. The topological polar surface area (TPSA) is 83.7 Å². The summed E-state index contributed by atoms with van der Waals surface area (Å²) in [5, 5.41) is 3.51. The van der Waals surface area contributed by atoms with E-state index in [0.29, 0.717) is 37.3 Å². The standard InChI is InChI=1S/C23H25N3O4/c1-3-30-16-6-4-15(5-7-16)24-22(27)14-26-11-10-21-19(13-26)23(28)18-12-17(29-2)8-9-20(18)25-21/h4-9,12H,3,10-11,13-14H2,1-2H3,(H,24,27)(H,25,28). The molecular formula is C23H25N3O4. The maximum absolute atomic E-state index is 13.0. The Hall–Kier alpha value is -3.32. The molecule has 30 heavy (non-hydrogen) atoms.